The van der Waals surface area contributed by atoms with Gasteiger partial charge in [-0.25, -0.2) is 14.4 Å². The summed E-state index contributed by atoms with van der Waals surface area (Å²) in [5, 5.41) is 19.6. The largest absolute Gasteiger partial charge is 0.480 e. The number of nitrogens with zero attached hydrogens (tertiary/aromatic N) is 5. The molecule has 2 atom stereocenters. The van der Waals surface area contributed by atoms with E-state index in [1.807, 2.05) is 61.2 Å². The van der Waals surface area contributed by atoms with Crippen LogP contribution < -0.4 is 4.74 Å². The molecule has 0 bridgehead atoms. The summed E-state index contributed by atoms with van der Waals surface area (Å²) in [6, 6.07) is 19.8. The Morgan fingerprint density at radius 3 is 2.28 bits per heavy atom. The van der Waals surface area contributed by atoms with E-state index in [2.05, 4.69) is 6.07 Å². The Morgan fingerprint density at radius 1 is 0.944 bits per heavy atom. The second-order valence-electron chi connectivity index (χ2n) is 14.0. The summed E-state index contributed by atoms with van der Waals surface area (Å²) in [6.07, 6.45) is 0.841. The van der Waals surface area contributed by atoms with Gasteiger partial charge in [-0.2, -0.15) is 14.0 Å². The number of benzene rings is 4. The molecule has 8 rings (SSSR count). The molecular formula is C41H36F3N5O5. The van der Waals surface area contributed by atoms with Crippen molar-refractivity contribution in [1.29, 1.82) is 5.26 Å². The van der Waals surface area contributed by atoms with Crippen LogP contribution >= 0.6 is 0 Å². The summed E-state index contributed by atoms with van der Waals surface area (Å²) < 4.78 is 58.0. The van der Waals surface area contributed by atoms with Crippen LogP contribution in [0.2, 0.25) is 0 Å². The van der Waals surface area contributed by atoms with E-state index in [0.717, 1.165) is 33.4 Å². The summed E-state index contributed by atoms with van der Waals surface area (Å²) >= 11 is 0. The molecule has 6 aromatic rings. The Bertz CT molecular complexity index is 2450. The fourth-order valence-electron chi connectivity index (χ4n) is 7.84. The fraction of sp³-hybridized carbons (Fsp3) is 0.317. The highest BCUT2D eigenvalue weighted by atomic mass is 19.3. The minimum Gasteiger partial charge on any atom is -0.480 e. The predicted octanol–water partition coefficient (Wildman–Crippen LogP) is 8.65. The zero-order valence-electron chi connectivity index (χ0n) is 29.6. The Kier molecular flexibility index (Phi) is 9.33. The third-order valence-electron chi connectivity index (χ3n) is 10.5. The van der Waals surface area contributed by atoms with Gasteiger partial charge >= 0.3 is 12.6 Å². The van der Waals surface area contributed by atoms with E-state index in [-0.39, 0.29) is 23.8 Å². The number of hydrogen-bond acceptors (Lipinski definition) is 9. The number of hydrogen-bond donors (Lipinski definition) is 1. The van der Waals surface area contributed by atoms with E-state index in [4.69, 9.17) is 23.5 Å². The number of rotatable bonds is 10. The molecule has 0 spiro atoms. The molecule has 2 fully saturated rings. The molecule has 0 aliphatic carbocycles. The number of ether oxygens (including phenoxy) is 1. The molecule has 0 amide bonds. The molecule has 2 aliphatic heterocycles. The van der Waals surface area contributed by atoms with Crippen molar-refractivity contribution in [3.63, 3.8) is 0 Å². The number of carboxylic acids is 1. The standard InChI is InChI=1S/C41H36F3N5O5/c1-22-28(29-7-4-9-31(23(29)2)39-47-33-15-24(14-25(18-45)37(33)54-39)19-48-13-11-27(42)21-48)6-3-8-30(22)38-46-32-16-26(20-49-12-5-10-34(49)40(50)51)35(53-41(43)44)17-36(32)52-38/h3-4,6-9,14-17,27,34,41H,5,10-13,19-21H2,1-2H3,(H,50,51)/t27-,34-/m0/s1. The highest BCUT2D eigenvalue weighted by Crippen LogP contribution is 2.39. The number of aromatic nitrogens is 2. The number of halogens is 3. The fourth-order valence-corrected chi connectivity index (χ4v) is 7.84. The van der Waals surface area contributed by atoms with Crippen molar-refractivity contribution in [2.24, 2.45) is 0 Å². The van der Waals surface area contributed by atoms with Gasteiger partial charge in [-0.15, -0.1) is 0 Å². The van der Waals surface area contributed by atoms with Crippen LogP contribution in [0.4, 0.5) is 13.2 Å². The van der Waals surface area contributed by atoms with Crippen molar-refractivity contribution < 1.29 is 36.6 Å². The minimum absolute atomic E-state index is 0.0898. The van der Waals surface area contributed by atoms with Gasteiger partial charge in [-0.05, 0) is 97.8 Å². The number of nitriles is 1. The van der Waals surface area contributed by atoms with Crippen LogP contribution in [-0.2, 0) is 17.9 Å². The molecule has 54 heavy (non-hydrogen) atoms. The van der Waals surface area contributed by atoms with Crippen LogP contribution in [0.25, 0.3) is 56.2 Å². The second kappa shape index (κ2) is 14.3. The van der Waals surface area contributed by atoms with E-state index < -0.39 is 24.8 Å². The van der Waals surface area contributed by atoms with Crippen molar-refractivity contribution in [3.8, 4) is 45.9 Å². The number of aliphatic carboxylic acids is 1. The molecule has 276 valence electrons. The van der Waals surface area contributed by atoms with E-state index in [1.54, 1.807) is 17.0 Å². The average Bonchev–Trinajstić information content (AvgIpc) is 3.95. The van der Waals surface area contributed by atoms with Gasteiger partial charge in [-0.1, -0.05) is 24.3 Å². The van der Waals surface area contributed by atoms with E-state index in [0.29, 0.717) is 84.6 Å². The van der Waals surface area contributed by atoms with Gasteiger partial charge in [0.25, 0.3) is 0 Å². The molecule has 0 saturated carbocycles. The molecule has 2 aromatic heterocycles. The Morgan fingerprint density at radius 2 is 1.63 bits per heavy atom. The Labute approximate surface area is 308 Å². The molecule has 2 aliphatic rings. The maximum absolute atomic E-state index is 13.8. The van der Waals surface area contributed by atoms with E-state index >= 15 is 0 Å². The smallest absolute Gasteiger partial charge is 0.387 e. The summed E-state index contributed by atoms with van der Waals surface area (Å²) in [5.41, 5.74) is 8.29. The van der Waals surface area contributed by atoms with Crippen molar-refractivity contribution >= 4 is 28.2 Å². The van der Waals surface area contributed by atoms with Gasteiger partial charge in [0.1, 0.15) is 35.1 Å². The molecular weight excluding hydrogens is 699 g/mol. The number of carbonyl (C=O) groups is 1. The SMILES string of the molecule is Cc1c(-c2nc3cc(CN4CCC[C@H]4C(=O)O)c(OC(F)F)cc3o2)cccc1-c1cccc(-c2nc3cc(CN4CC[C@H](F)C4)cc(C#N)c3o2)c1C. The average molecular weight is 736 g/mol. The van der Waals surface area contributed by atoms with Gasteiger partial charge in [0.05, 0.1) is 5.56 Å². The molecule has 0 radical (unpaired) electrons. The van der Waals surface area contributed by atoms with Gasteiger partial charge in [0, 0.05) is 48.9 Å². The van der Waals surface area contributed by atoms with Crippen LogP contribution in [0.1, 0.15) is 47.1 Å². The zero-order chi connectivity index (χ0) is 37.7. The lowest BCUT2D eigenvalue weighted by atomic mass is 9.91. The zero-order valence-corrected chi connectivity index (χ0v) is 29.6. The number of alkyl halides is 3. The lowest BCUT2D eigenvalue weighted by molar-refractivity contribution is -0.142. The normalized spacial score (nSPS) is 17.9. The lowest BCUT2D eigenvalue weighted by Crippen LogP contribution is -2.35. The van der Waals surface area contributed by atoms with Crippen LogP contribution in [0, 0.1) is 25.2 Å². The van der Waals surface area contributed by atoms with Crippen molar-refractivity contribution in [2.45, 2.75) is 65.0 Å². The molecule has 4 heterocycles. The topological polar surface area (TPSA) is 129 Å². The summed E-state index contributed by atoms with van der Waals surface area (Å²) in [6.45, 7) is 3.04. The van der Waals surface area contributed by atoms with Crippen molar-refractivity contribution in [3.05, 3.63) is 88.5 Å². The van der Waals surface area contributed by atoms with Crippen LogP contribution in [-0.4, -0.2) is 69.3 Å². The third-order valence-corrected chi connectivity index (χ3v) is 10.5. The predicted molar refractivity (Wildman–Crippen MR) is 195 cm³/mol. The quantitative estimate of drug-likeness (QED) is 0.146. The van der Waals surface area contributed by atoms with Gasteiger partial charge in [-0.3, -0.25) is 14.6 Å². The number of likely N-dealkylation sites (tertiary alicyclic amines) is 2. The highest BCUT2D eigenvalue weighted by molar-refractivity contribution is 5.86. The molecule has 13 heteroatoms. The van der Waals surface area contributed by atoms with Gasteiger partial charge < -0.3 is 18.7 Å². The maximum Gasteiger partial charge on any atom is 0.387 e. The summed E-state index contributed by atoms with van der Waals surface area (Å²) in [5.74, 6) is -0.379. The molecule has 4 aromatic carbocycles. The minimum atomic E-state index is -3.08. The van der Waals surface area contributed by atoms with Crippen LogP contribution in [0.3, 0.4) is 0 Å². The number of oxazole rings is 2. The van der Waals surface area contributed by atoms with Crippen LogP contribution in [0.15, 0.2) is 69.5 Å². The Hall–Kier alpha value is -5.71. The first-order valence-electron chi connectivity index (χ1n) is 17.8. The summed E-state index contributed by atoms with van der Waals surface area (Å²) in [4.78, 5) is 25.1. The molecule has 0 unspecified atom stereocenters. The number of carboxylic acid groups (broad SMARTS) is 1. The summed E-state index contributed by atoms with van der Waals surface area (Å²) in [7, 11) is 0. The molecule has 1 N–H and O–H groups in total. The first-order valence-corrected chi connectivity index (χ1v) is 17.8. The molecule has 10 nitrogen and oxygen atoms in total. The van der Waals surface area contributed by atoms with Crippen LogP contribution in [0.5, 0.6) is 5.75 Å². The van der Waals surface area contributed by atoms with E-state index in [1.165, 1.54) is 6.07 Å². The van der Waals surface area contributed by atoms with Crippen molar-refractivity contribution in [1.82, 2.24) is 19.8 Å². The lowest BCUT2D eigenvalue weighted by Gasteiger charge is -2.22. The first kappa shape index (κ1) is 35.3. The first-order chi connectivity index (χ1) is 26.1. The van der Waals surface area contributed by atoms with Gasteiger partial charge in [0.15, 0.2) is 11.2 Å². The van der Waals surface area contributed by atoms with E-state index in [9.17, 15) is 28.3 Å². The monoisotopic (exact) mass is 735 g/mol. The maximum atomic E-state index is 13.8. The second-order valence-corrected chi connectivity index (χ2v) is 14.0. The highest BCUT2D eigenvalue weighted by Gasteiger charge is 2.32. The van der Waals surface area contributed by atoms with Crippen molar-refractivity contribution in [2.75, 3.05) is 19.6 Å². The van der Waals surface area contributed by atoms with Gasteiger partial charge in [0.2, 0.25) is 11.8 Å². The Balaban J connectivity index is 1.13. The number of fused-ring (bicyclic) bond motifs is 2. The third kappa shape index (κ3) is 6.67. The molecule has 2 saturated heterocycles.